The van der Waals surface area contributed by atoms with Gasteiger partial charge in [-0.2, -0.15) is 0 Å². The lowest BCUT2D eigenvalue weighted by atomic mass is 10.1. The molecule has 0 spiro atoms. The maximum atomic E-state index is 12.2. The van der Waals surface area contributed by atoms with Gasteiger partial charge in [-0.25, -0.2) is 4.79 Å². The van der Waals surface area contributed by atoms with Gasteiger partial charge < -0.3 is 14.6 Å². The minimum absolute atomic E-state index is 0.105. The number of aromatic hydroxyl groups is 1. The first kappa shape index (κ1) is 17.0. The van der Waals surface area contributed by atoms with E-state index in [1.807, 2.05) is 0 Å². The SMILES string of the molecule is COC(=O)c1cccc(C(=O)NC(=O)c2cc(OC)ccc2O)c1. The molecule has 24 heavy (non-hydrogen) atoms. The molecule has 0 saturated carbocycles. The number of hydrogen-bond acceptors (Lipinski definition) is 6. The zero-order valence-corrected chi connectivity index (χ0v) is 13.0. The maximum Gasteiger partial charge on any atom is 0.337 e. The number of carbonyl (C=O) groups excluding carboxylic acids is 3. The second-order valence-corrected chi connectivity index (χ2v) is 4.74. The predicted molar refractivity (Wildman–Crippen MR) is 84.2 cm³/mol. The van der Waals surface area contributed by atoms with Gasteiger partial charge >= 0.3 is 5.97 Å². The highest BCUT2D eigenvalue weighted by molar-refractivity contribution is 6.11. The summed E-state index contributed by atoms with van der Waals surface area (Å²) in [5.74, 6) is -2.03. The van der Waals surface area contributed by atoms with Gasteiger partial charge in [0.05, 0.1) is 25.3 Å². The van der Waals surface area contributed by atoms with E-state index in [-0.39, 0.29) is 22.4 Å². The summed E-state index contributed by atoms with van der Waals surface area (Å²) in [7, 11) is 2.64. The van der Waals surface area contributed by atoms with Crippen LogP contribution in [0.2, 0.25) is 0 Å². The van der Waals surface area contributed by atoms with Crippen molar-refractivity contribution in [2.24, 2.45) is 0 Å². The van der Waals surface area contributed by atoms with Gasteiger partial charge in [-0.15, -0.1) is 0 Å². The van der Waals surface area contributed by atoms with Crippen LogP contribution in [-0.4, -0.2) is 37.1 Å². The van der Waals surface area contributed by atoms with E-state index in [0.29, 0.717) is 5.75 Å². The number of hydrogen-bond donors (Lipinski definition) is 2. The Kier molecular flexibility index (Phi) is 5.16. The van der Waals surface area contributed by atoms with E-state index in [0.717, 1.165) is 0 Å². The third-order valence-corrected chi connectivity index (χ3v) is 3.22. The minimum atomic E-state index is -0.792. The monoisotopic (exact) mass is 329 g/mol. The maximum absolute atomic E-state index is 12.2. The fraction of sp³-hybridized carbons (Fsp3) is 0.118. The van der Waals surface area contributed by atoms with Crippen molar-refractivity contribution in [1.29, 1.82) is 0 Å². The fourth-order valence-corrected chi connectivity index (χ4v) is 1.97. The molecule has 0 radical (unpaired) electrons. The second kappa shape index (κ2) is 7.28. The first-order valence-corrected chi connectivity index (χ1v) is 6.87. The van der Waals surface area contributed by atoms with Crippen LogP contribution in [0.1, 0.15) is 31.1 Å². The average molecular weight is 329 g/mol. The van der Waals surface area contributed by atoms with Crippen molar-refractivity contribution in [3.63, 3.8) is 0 Å². The van der Waals surface area contributed by atoms with E-state index in [1.54, 1.807) is 0 Å². The lowest BCUT2D eigenvalue weighted by molar-refractivity contribution is 0.0600. The number of benzene rings is 2. The molecule has 2 aromatic rings. The molecule has 0 bridgehead atoms. The summed E-state index contributed by atoms with van der Waals surface area (Å²) >= 11 is 0. The number of nitrogens with one attached hydrogen (secondary N) is 1. The number of phenolic OH excluding ortho intramolecular Hbond substituents is 1. The van der Waals surface area contributed by atoms with Crippen LogP contribution in [0.3, 0.4) is 0 Å². The van der Waals surface area contributed by atoms with Crippen molar-refractivity contribution in [2.45, 2.75) is 0 Å². The molecule has 124 valence electrons. The number of rotatable bonds is 4. The van der Waals surface area contributed by atoms with Gasteiger partial charge in [0, 0.05) is 5.56 Å². The van der Waals surface area contributed by atoms with Crippen molar-refractivity contribution < 1.29 is 29.0 Å². The van der Waals surface area contributed by atoms with Crippen LogP contribution in [0.5, 0.6) is 11.5 Å². The molecular formula is C17H15NO6. The molecule has 2 rings (SSSR count). The van der Waals surface area contributed by atoms with Gasteiger partial charge in [0.2, 0.25) is 0 Å². The van der Waals surface area contributed by atoms with Crippen LogP contribution in [0.15, 0.2) is 42.5 Å². The number of ether oxygens (including phenoxy) is 2. The average Bonchev–Trinajstić information content (AvgIpc) is 2.61. The number of carbonyl (C=O) groups is 3. The van der Waals surface area contributed by atoms with Crippen molar-refractivity contribution in [1.82, 2.24) is 5.32 Å². The van der Waals surface area contributed by atoms with Gasteiger partial charge in [0.25, 0.3) is 11.8 Å². The number of amides is 2. The van der Waals surface area contributed by atoms with E-state index in [1.165, 1.54) is 56.7 Å². The van der Waals surface area contributed by atoms with E-state index in [9.17, 15) is 19.5 Å². The number of methoxy groups -OCH3 is 2. The second-order valence-electron chi connectivity index (χ2n) is 4.74. The van der Waals surface area contributed by atoms with Crippen molar-refractivity contribution in [2.75, 3.05) is 14.2 Å². The quantitative estimate of drug-likeness (QED) is 0.654. The third kappa shape index (κ3) is 3.70. The molecule has 0 aliphatic heterocycles. The van der Waals surface area contributed by atoms with Gasteiger partial charge in [0.1, 0.15) is 11.5 Å². The molecule has 0 unspecified atom stereocenters. The molecule has 2 amide bonds. The van der Waals surface area contributed by atoms with E-state index < -0.39 is 17.8 Å². The van der Waals surface area contributed by atoms with Gasteiger partial charge in [-0.3, -0.25) is 14.9 Å². The molecule has 0 aliphatic carbocycles. The topological polar surface area (TPSA) is 102 Å². The summed E-state index contributed by atoms with van der Waals surface area (Å²) in [6.45, 7) is 0. The lowest BCUT2D eigenvalue weighted by Crippen LogP contribution is -2.30. The summed E-state index contributed by atoms with van der Waals surface area (Å²) in [5, 5.41) is 11.9. The van der Waals surface area contributed by atoms with E-state index in [4.69, 9.17) is 4.74 Å². The summed E-state index contributed by atoms with van der Waals surface area (Å²) in [6, 6.07) is 9.81. The highest BCUT2D eigenvalue weighted by Crippen LogP contribution is 2.22. The van der Waals surface area contributed by atoms with Crippen molar-refractivity contribution in [3.05, 3.63) is 59.2 Å². The number of esters is 1. The Balaban J connectivity index is 2.20. The normalized spacial score (nSPS) is 9.92. The highest BCUT2D eigenvalue weighted by Gasteiger charge is 2.17. The zero-order chi connectivity index (χ0) is 17.7. The molecule has 2 N–H and O–H groups in total. The molecule has 0 saturated heterocycles. The number of phenols is 1. The first-order chi connectivity index (χ1) is 11.5. The largest absolute Gasteiger partial charge is 0.507 e. The lowest BCUT2D eigenvalue weighted by Gasteiger charge is -2.08. The van der Waals surface area contributed by atoms with Gasteiger partial charge in [-0.1, -0.05) is 6.07 Å². The van der Waals surface area contributed by atoms with E-state index >= 15 is 0 Å². The Labute approximate surface area is 137 Å². The Morgan fingerprint density at radius 2 is 1.67 bits per heavy atom. The fourth-order valence-electron chi connectivity index (χ4n) is 1.97. The molecule has 2 aromatic carbocycles. The highest BCUT2D eigenvalue weighted by atomic mass is 16.5. The summed E-state index contributed by atoms with van der Waals surface area (Å²) in [6.07, 6.45) is 0. The molecular weight excluding hydrogens is 314 g/mol. The molecule has 7 nitrogen and oxygen atoms in total. The van der Waals surface area contributed by atoms with Crippen molar-refractivity contribution in [3.8, 4) is 11.5 Å². The molecule has 0 fully saturated rings. The Bertz CT molecular complexity index is 799. The van der Waals surface area contributed by atoms with Crippen LogP contribution in [0, 0.1) is 0 Å². The van der Waals surface area contributed by atoms with Crippen LogP contribution in [0.25, 0.3) is 0 Å². The Morgan fingerprint density at radius 3 is 2.33 bits per heavy atom. The predicted octanol–water partition coefficient (Wildman–Crippen LogP) is 1.76. The first-order valence-electron chi connectivity index (χ1n) is 6.87. The summed E-state index contributed by atoms with van der Waals surface area (Å²) in [4.78, 5) is 35.8. The smallest absolute Gasteiger partial charge is 0.337 e. The summed E-state index contributed by atoms with van der Waals surface area (Å²) < 4.78 is 9.55. The van der Waals surface area contributed by atoms with Crippen LogP contribution in [-0.2, 0) is 4.74 Å². The van der Waals surface area contributed by atoms with Crippen LogP contribution in [0.4, 0.5) is 0 Å². The van der Waals surface area contributed by atoms with Gasteiger partial charge in [0.15, 0.2) is 0 Å². The Hall–Kier alpha value is -3.35. The van der Waals surface area contributed by atoms with Crippen LogP contribution >= 0.6 is 0 Å². The van der Waals surface area contributed by atoms with Crippen molar-refractivity contribution >= 4 is 17.8 Å². The molecule has 0 aromatic heterocycles. The number of imide groups is 1. The Morgan fingerprint density at radius 1 is 0.958 bits per heavy atom. The zero-order valence-electron chi connectivity index (χ0n) is 13.0. The standard InChI is InChI=1S/C17H15NO6/c1-23-12-6-7-14(19)13(9-12)16(21)18-15(20)10-4-3-5-11(8-10)17(22)24-2/h3-9,19H,1-2H3,(H,18,20,21). The minimum Gasteiger partial charge on any atom is -0.507 e. The molecule has 0 aliphatic rings. The van der Waals surface area contributed by atoms with Crippen LogP contribution < -0.4 is 10.1 Å². The summed E-state index contributed by atoms with van der Waals surface area (Å²) in [5.41, 5.74) is 0.183. The molecule has 7 heteroatoms. The van der Waals surface area contributed by atoms with Gasteiger partial charge in [-0.05, 0) is 36.4 Å². The third-order valence-electron chi connectivity index (χ3n) is 3.22. The van der Waals surface area contributed by atoms with E-state index in [2.05, 4.69) is 10.1 Å². The molecule has 0 heterocycles. The molecule has 0 atom stereocenters.